The molecular formula is C15H16N2O5. The van der Waals surface area contributed by atoms with E-state index in [0.717, 1.165) is 5.75 Å². The van der Waals surface area contributed by atoms with Gasteiger partial charge in [-0.2, -0.15) is 0 Å². The van der Waals surface area contributed by atoms with Crippen LogP contribution in [-0.4, -0.2) is 23.2 Å². The fraction of sp³-hybridized carbons (Fsp3) is 0.267. The zero-order chi connectivity index (χ0) is 16.1. The van der Waals surface area contributed by atoms with Crippen molar-refractivity contribution in [2.75, 3.05) is 13.7 Å². The molecule has 7 heteroatoms. The molecule has 0 radical (unpaired) electrons. The van der Waals surface area contributed by atoms with Crippen molar-refractivity contribution in [2.45, 2.75) is 13.5 Å². The van der Waals surface area contributed by atoms with Gasteiger partial charge >= 0.3 is 0 Å². The number of nitrogens with zero attached hydrogens (tertiary/aromatic N) is 2. The summed E-state index contributed by atoms with van der Waals surface area (Å²) >= 11 is 0. The van der Waals surface area contributed by atoms with Gasteiger partial charge in [0.1, 0.15) is 18.1 Å². The molecule has 0 aliphatic heterocycles. The first kappa shape index (κ1) is 15.6. The van der Waals surface area contributed by atoms with Crippen LogP contribution in [0.4, 0.5) is 5.69 Å². The Morgan fingerprint density at radius 2 is 1.77 bits per heavy atom. The van der Waals surface area contributed by atoms with E-state index in [1.54, 1.807) is 38.3 Å². The lowest BCUT2D eigenvalue weighted by molar-refractivity contribution is -0.386. The Kier molecular flexibility index (Phi) is 4.77. The molecule has 1 heterocycles. The molecule has 0 aliphatic carbocycles. The molecule has 0 aliphatic rings. The van der Waals surface area contributed by atoms with Gasteiger partial charge in [0.15, 0.2) is 0 Å². The number of nitro groups is 1. The summed E-state index contributed by atoms with van der Waals surface area (Å²) in [5.74, 6) is 1.36. The molecule has 116 valence electrons. The van der Waals surface area contributed by atoms with E-state index in [4.69, 9.17) is 9.47 Å². The first-order chi connectivity index (χ1) is 10.5. The molecule has 0 spiro atoms. The molecule has 22 heavy (non-hydrogen) atoms. The summed E-state index contributed by atoms with van der Waals surface area (Å²) < 4.78 is 11.9. The minimum Gasteiger partial charge on any atom is -0.497 e. The average Bonchev–Trinajstić information content (AvgIpc) is 2.50. The lowest BCUT2D eigenvalue weighted by Gasteiger charge is -2.11. The van der Waals surface area contributed by atoms with Crippen molar-refractivity contribution >= 4 is 5.69 Å². The molecule has 0 saturated heterocycles. The highest BCUT2D eigenvalue weighted by Gasteiger charge is 2.14. The second-order valence-corrected chi connectivity index (χ2v) is 4.57. The maximum Gasteiger partial charge on any atom is 0.288 e. The Morgan fingerprint density at radius 1 is 1.14 bits per heavy atom. The summed E-state index contributed by atoms with van der Waals surface area (Å²) in [5, 5.41) is 10.9. The Morgan fingerprint density at radius 3 is 2.36 bits per heavy atom. The van der Waals surface area contributed by atoms with Crippen molar-refractivity contribution in [3.8, 4) is 11.5 Å². The van der Waals surface area contributed by atoms with Crippen LogP contribution < -0.4 is 15.0 Å². The van der Waals surface area contributed by atoms with Crippen molar-refractivity contribution in [2.24, 2.45) is 0 Å². The second kappa shape index (κ2) is 6.75. The molecular weight excluding hydrogens is 288 g/mol. The molecule has 0 amide bonds. The van der Waals surface area contributed by atoms with Gasteiger partial charge in [-0.15, -0.1) is 0 Å². The number of methoxy groups -OCH3 is 1. The van der Waals surface area contributed by atoms with E-state index < -0.39 is 4.92 Å². The van der Waals surface area contributed by atoms with Crippen LogP contribution >= 0.6 is 0 Å². The summed E-state index contributed by atoms with van der Waals surface area (Å²) in [6, 6.07) is 9.45. The van der Waals surface area contributed by atoms with Gasteiger partial charge in [0, 0.05) is 12.1 Å². The number of hydrogen-bond donors (Lipinski definition) is 0. The molecule has 0 atom stereocenters. The molecule has 1 aromatic carbocycles. The van der Waals surface area contributed by atoms with Crippen molar-refractivity contribution in [3.63, 3.8) is 0 Å². The number of hydrogen-bond acceptors (Lipinski definition) is 5. The molecule has 2 aromatic rings. The van der Waals surface area contributed by atoms with Crippen LogP contribution in [0.2, 0.25) is 0 Å². The zero-order valence-corrected chi connectivity index (χ0v) is 12.3. The fourth-order valence-corrected chi connectivity index (χ4v) is 2.06. The maximum atomic E-state index is 11.8. The smallest absolute Gasteiger partial charge is 0.288 e. The minimum absolute atomic E-state index is 0.0796. The standard InChI is InChI=1S/C15H16N2O5/c1-11-14(17(19)20)7-8-15(18)16(11)9-10-22-13-5-3-12(21-2)4-6-13/h3-8H,9-10H2,1-2H3. The van der Waals surface area contributed by atoms with Gasteiger partial charge in [-0.05, 0) is 31.2 Å². The largest absolute Gasteiger partial charge is 0.497 e. The van der Waals surface area contributed by atoms with Crippen LogP contribution in [0.15, 0.2) is 41.2 Å². The van der Waals surface area contributed by atoms with Crippen LogP contribution in [0, 0.1) is 17.0 Å². The van der Waals surface area contributed by atoms with Gasteiger partial charge in [-0.3, -0.25) is 14.9 Å². The van der Waals surface area contributed by atoms with E-state index in [9.17, 15) is 14.9 Å². The SMILES string of the molecule is COc1ccc(OCCn2c(C)c([N+](=O)[O-])ccc2=O)cc1. The Labute approximate surface area is 126 Å². The van der Waals surface area contributed by atoms with E-state index in [1.165, 1.54) is 16.7 Å². The molecule has 2 rings (SSSR count). The van der Waals surface area contributed by atoms with Gasteiger partial charge in [-0.1, -0.05) is 0 Å². The van der Waals surface area contributed by atoms with E-state index in [-0.39, 0.29) is 24.4 Å². The molecule has 0 bridgehead atoms. The Balaban J connectivity index is 2.06. The number of rotatable bonds is 6. The highest BCUT2D eigenvalue weighted by atomic mass is 16.6. The minimum atomic E-state index is -0.504. The van der Waals surface area contributed by atoms with Gasteiger partial charge in [0.05, 0.1) is 24.3 Å². The summed E-state index contributed by atoms with van der Waals surface area (Å²) in [6.45, 7) is 2.01. The second-order valence-electron chi connectivity index (χ2n) is 4.57. The van der Waals surface area contributed by atoms with Gasteiger partial charge in [-0.25, -0.2) is 0 Å². The number of benzene rings is 1. The maximum absolute atomic E-state index is 11.8. The van der Waals surface area contributed by atoms with Gasteiger partial charge in [0.25, 0.3) is 11.2 Å². The Hall–Kier alpha value is -2.83. The van der Waals surface area contributed by atoms with E-state index >= 15 is 0 Å². The quantitative estimate of drug-likeness (QED) is 0.603. The highest BCUT2D eigenvalue weighted by Crippen LogP contribution is 2.17. The van der Waals surface area contributed by atoms with E-state index in [2.05, 4.69) is 0 Å². The van der Waals surface area contributed by atoms with Gasteiger partial charge < -0.3 is 14.0 Å². The molecule has 0 N–H and O–H groups in total. The summed E-state index contributed by atoms with van der Waals surface area (Å²) in [5.41, 5.74) is -0.0543. The average molecular weight is 304 g/mol. The predicted octanol–water partition coefficient (Wildman–Crippen LogP) is 2.15. The fourth-order valence-electron chi connectivity index (χ4n) is 2.06. The van der Waals surface area contributed by atoms with Crippen molar-refractivity contribution in [1.29, 1.82) is 0 Å². The summed E-state index contributed by atoms with van der Waals surface area (Å²) in [7, 11) is 1.58. The highest BCUT2D eigenvalue weighted by molar-refractivity contribution is 5.34. The van der Waals surface area contributed by atoms with E-state index in [0.29, 0.717) is 11.4 Å². The van der Waals surface area contributed by atoms with Crippen LogP contribution in [0.1, 0.15) is 5.69 Å². The number of aromatic nitrogens is 1. The monoisotopic (exact) mass is 304 g/mol. The molecule has 0 saturated carbocycles. The van der Waals surface area contributed by atoms with Gasteiger partial charge in [0.2, 0.25) is 0 Å². The first-order valence-corrected chi connectivity index (χ1v) is 6.64. The summed E-state index contributed by atoms with van der Waals surface area (Å²) in [4.78, 5) is 22.2. The molecule has 1 aromatic heterocycles. The lowest BCUT2D eigenvalue weighted by atomic mass is 10.3. The third-order valence-electron chi connectivity index (χ3n) is 3.27. The van der Waals surface area contributed by atoms with Crippen LogP contribution in [-0.2, 0) is 6.54 Å². The third-order valence-corrected chi connectivity index (χ3v) is 3.27. The van der Waals surface area contributed by atoms with Crippen LogP contribution in [0.25, 0.3) is 0 Å². The van der Waals surface area contributed by atoms with E-state index in [1.807, 2.05) is 0 Å². The van der Waals surface area contributed by atoms with Crippen molar-refractivity contribution in [3.05, 3.63) is 62.6 Å². The first-order valence-electron chi connectivity index (χ1n) is 6.64. The number of pyridine rings is 1. The van der Waals surface area contributed by atoms with Crippen LogP contribution in [0.5, 0.6) is 11.5 Å². The van der Waals surface area contributed by atoms with Crippen molar-refractivity contribution in [1.82, 2.24) is 4.57 Å². The van der Waals surface area contributed by atoms with Crippen molar-refractivity contribution < 1.29 is 14.4 Å². The zero-order valence-electron chi connectivity index (χ0n) is 12.3. The van der Waals surface area contributed by atoms with Crippen LogP contribution in [0.3, 0.4) is 0 Å². The Bertz CT molecular complexity index is 722. The predicted molar refractivity (Wildman–Crippen MR) is 80.6 cm³/mol. The molecule has 0 unspecified atom stereocenters. The molecule has 7 nitrogen and oxygen atoms in total. The summed E-state index contributed by atoms with van der Waals surface area (Å²) in [6.07, 6.45) is 0. The topological polar surface area (TPSA) is 83.6 Å². The lowest BCUT2D eigenvalue weighted by Crippen LogP contribution is -2.25. The number of ether oxygens (including phenoxy) is 2. The normalized spacial score (nSPS) is 10.3. The third kappa shape index (κ3) is 3.43. The molecule has 0 fully saturated rings.